The standard InChI is InChI=1S/C12H14FNO3/c1-12(8-15)7-14(11(16)6-17-12)10-5-3-2-4-9(10)13/h2-5,15H,6-8H2,1H3. The third-order valence-electron chi connectivity index (χ3n) is 2.82. The van der Waals surface area contributed by atoms with E-state index in [4.69, 9.17) is 4.74 Å². The van der Waals surface area contributed by atoms with Crippen molar-refractivity contribution in [2.24, 2.45) is 0 Å². The molecule has 0 aliphatic carbocycles. The van der Waals surface area contributed by atoms with Gasteiger partial charge >= 0.3 is 0 Å². The van der Waals surface area contributed by atoms with Crippen molar-refractivity contribution in [3.8, 4) is 0 Å². The molecular weight excluding hydrogens is 225 g/mol. The van der Waals surface area contributed by atoms with Crippen LogP contribution >= 0.6 is 0 Å². The molecule has 0 aromatic heterocycles. The highest BCUT2D eigenvalue weighted by atomic mass is 19.1. The number of ether oxygens (including phenoxy) is 1. The zero-order valence-corrected chi connectivity index (χ0v) is 9.52. The molecule has 1 aliphatic heterocycles. The van der Waals surface area contributed by atoms with Crippen LogP contribution in [0.25, 0.3) is 0 Å². The van der Waals surface area contributed by atoms with Gasteiger partial charge in [-0.2, -0.15) is 0 Å². The van der Waals surface area contributed by atoms with Gasteiger partial charge in [0.2, 0.25) is 0 Å². The maximum atomic E-state index is 13.6. The SMILES string of the molecule is CC1(CO)CN(c2ccccc2F)C(=O)CO1. The van der Waals surface area contributed by atoms with E-state index in [1.807, 2.05) is 0 Å². The van der Waals surface area contributed by atoms with Crippen LogP contribution in [0.3, 0.4) is 0 Å². The Morgan fingerprint density at radius 3 is 2.88 bits per heavy atom. The number of morpholine rings is 1. The third kappa shape index (κ3) is 2.30. The molecule has 1 aromatic rings. The summed E-state index contributed by atoms with van der Waals surface area (Å²) >= 11 is 0. The quantitative estimate of drug-likeness (QED) is 0.835. The average molecular weight is 239 g/mol. The highest BCUT2D eigenvalue weighted by Crippen LogP contribution is 2.25. The van der Waals surface area contributed by atoms with E-state index in [0.717, 1.165) is 0 Å². The summed E-state index contributed by atoms with van der Waals surface area (Å²) in [6.07, 6.45) is 0. The number of hydrogen-bond donors (Lipinski definition) is 1. The zero-order valence-electron chi connectivity index (χ0n) is 9.52. The van der Waals surface area contributed by atoms with Crippen LogP contribution in [-0.2, 0) is 9.53 Å². The van der Waals surface area contributed by atoms with Crippen molar-refractivity contribution in [3.05, 3.63) is 30.1 Å². The Kier molecular flexibility index (Phi) is 3.13. The molecule has 5 heteroatoms. The van der Waals surface area contributed by atoms with Crippen molar-refractivity contribution in [2.45, 2.75) is 12.5 Å². The molecule has 1 unspecified atom stereocenters. The fourth-order valence-corrected chi connectivity index (χ4v) is 1.77. The number of aliphatic hydroxyl groups is 1. The maximum absolute atomic E-state index is 13.6. The summed E-state index contributed by atoms with van der Waals surface area (Å²) in [7, 11) is 0. The predicted molar refractivity (Wildman–Crippen MR) is 60.2 cm³/mol. The van der Waals surface area contributed by atoms with Crippen LogP contribution in [-0.4, -0.2) is 36.4 Å². The molecule has 0 spiro atoms. The number of halogens is 1. The second-order valence-electron chi connectivity index (χ2n) is 4.33. The lowest BCUT2D eigenvalue weighted by atomic mass is 10.0. The first-order valence-electron chi connectivity index (χ1n) is 5.35. The molecular formula is C12H14FNO3. The monoisotopic (exact) mass is 239 g/mol. The molecule has 0 radical (unpaired) electrons. The summed E-state index contributed by atoms with van der Waals surface area (Å²) in [6.45, 7) is 1.47. The number of rotatable bonds is 2. The van der Waals surface area contributed by atoms with Crippen LogP contribution in [0.1, 0.15) is 6.92 Å². The molecule has 4 nitrogen and oxygen atoms in total. The van der Waals surface area contributed by atoms with E-state index < -0.39 is 11.4 Å². The highest BCUT2D eigenvalue weighted by molar-refractivity contribution is 5.95. The van der Waals surface area contributed by atoms with Gasteiger partial charge in [0.1, 0.15) is 18.0 Å². The number of nitrogens with zero attached hydrogens (tertiary/aromatic N) is 1. The minimum Gasteiger partial charge on any atom is -0.393 e. The zero-order chi connectivity index (χ0) is 12.5. The van der Waals surface area contributed by atoms with Crippen LogP contribution in [0, 0.1) is 5.82 Å². The number of hydrogen-bond acceptors (Lipinski definition) is 3. The predicted octanol–water partition coefficient (Wildman–Crippen LogP) is 0.940. The number of amides is 1. The van der Waals surface area contributed by atoms with Gasteiger partial charge < -0.3 is 14.7 Å². The molecule has 1 atom stereocenters. The summed E-state index contributed by atoms with van der Waals surface area (Å²) in [4.78, 5) is 13.0. The Morgan fingerprint density at radius 1 is 1.53 bits per heavy atom. The van der Waals surface area contributed by atoms with E-state index in [-0.39, 0.29) is 31.4 Å². The number of aliphatic hydroxyl groups excluding tert-OH is 1. The third-order valence-corrected chi connectivity index (χ3v) is 2.82. The minimum absolute atomic E-state index is 0.142. The van der Waals surface area contributed by atoms with Crippen LogP contribution in [0.15, 0.2) is 24.3 Å². The molecule has 1 fully saturated rings. The van der Waals surface area contributed by atoms with Crippen molar-refractivity contribution >= 4 is 11.6 Å². The summed E-state index contributed by atoms with van der Waals surface area (Å²) in [5, 5.41) is 9.21. The summed E-state index contributed by atoms with van der Waals surface area (Å²) in [5.74, 6) is -0.760. The fraction of sp³-hybridized carbons (Fsp3) is 0.417. The van der Waals surface area contributed by atoms with E-state index in [9.17, 15) is 14.3 Å². The number of para-hydroxylation sites is 1. The Hall–Kier alpha value is -1.46. The van der Waals surface area contributed by atoms with E-state index in [2.05, 4.69) is 0 Å². The van der Waals surface area contributed by atoms with Crippen LogP contribution < -0.4 is 4.90 Å². The van der Waals surface area contributed by atoms with Crippen LogP contribution in [0.5, 0.6) is 0 Å². The van der Waals surface area contributed by atoms with E-state index in [1.165, 1.54) is 17.0 Å². The average Bonchev–Trinajstić information content (AvgIpc) is 2.34. The van der Waals surface area contributed by atoms with E-state index in [1.54, 1.807) is 19.1 Å². The van der Waals surface area contributed by atoms with Crippen molar-refractivity contribution in [2.75, 3.05) is 24.7 Å². The molecule has 2 rings (SSSR count). The Labute approximate surface area is 98.6 Å². The first-order chi connectivity index (χ1) is 8.06. The molecule has 1 saturated heterocycles. The number of carbonyl (C=O) groups excluding carboxylic acids is 1. The van der Waals surface area contributed by atoms with Gasteiger partial charge in [0, 0.05) is 0 Å². The van der Waals surface area contributed by atoms with Crippen LogP contribution in [0.2, 0.25) is 0 Å². The Balaban J connectivity index is 2.30. The molecule has 1 N–H and O–H groups in total. The molecule has 92 valence electrons. The van der Waals surface area contributed by atoms with E-state index >= 15 is 0 Å². The molecule has 1 aromatic carbocycles. The second kappa shape index (κ2) is 4.43. The maximum Gasteiger partial charge on any atom is 0.253 e. The molecule has 17 heavy (non-hydrogen) atoms. The molecule has 1 heterocycles. The van der Waals surface area contributed by atoms with Gasteiger partial charge in [-0.3, -0.25) is 4.79 Å². The largest absolute Gasteiger partial charge is 0.393 e. The number of carbonyl (C=O) groups is 1. The van der Waals surface area contributed by atoms with E-state index in [0.29, 0.717) is 0 Å². The normalized spacial score (nSPS) is 25.1. The summed E-state index contributed by atoms with van der Waals surface area (Å²) in [5.41, 5.74) is -0.614. The molecule has 0 bridgehead atoms. The highest BCUT2D eigenvalue weighted by Gasteiger charge is 2.36. The molecule has 1 amide bonds. The lowest BCUT2D eigenvalue weighted by molar-refractivity contribution is -0.141. The molecule has 1 aliphatic rings. The minimum atomic E-state index is -0.837. The molecule has 0 saturated carbocycles. The van der Waals surface area contributed by atoms with Gasteiger partial charge in [-0.15, -0.1) is 0 Å². The van der Waals surface area contributed by atoms with Crippen molar-refractivity contribution in [3.63, 3.8) is 0 Å². The first kappa shape index (κ1) is 12.0. The van der Waals surface area contributed by atoms with Crippen molar-refractivity contribution in [1.82, 2.24) is 0 Å². The van der Waals surface area contributed by atoms with Crippen molar-refractivity contribution < 1.29 is 19.0 Å². The van der Waals surface area contributed by atoms with Gasteiger partial charge in [-0.25, -0.2) is 4.39 Å². The van der Waals surface area contributed by atoms with Crippen LogP contribution in [0.4, 0.5) is 10.1 Å². The van der Waals surface area contributed by atoms with Gasteiger partial charge in [0.05, 0.1) is 18.8 Å². The summed E-state index contributed by atoms with van der Waals surface area (Å²) < 4.78 is 18.9. The lowest BCUT2D eigenvalue weighted by Crippen LogP contribution is -2.55. The summed E-state index contributed by atoms with van der Waals surface area (Å²) in [6, 6.07) is 6.07. The number of anilines is 1. The Bertz CT molecular complexity index is 438. The van der Waals surface area contributed by atoms with Gasteiger partial charge in [0.15, 0.2) is 0 Å². The number of benzene rings is 1. The van der Waals surface area contributed by atoms with Gasteiger partial charge in [0.25, 0.3) is 5.91 Å². The van der Waals surface area contributed by atoms with Crippen molar-refractivity contribution in [1.29, 1.82) is 0 Å². The topological polar surface area (TPSA) is 49.8 Å². The van der Waals surface area contributed by atoms with Gasteiger partial charge in [-0.1, -0.05) is 12.1 Å². The second-order valence-corrected chi connectivity index (χ2v) is 4.33. The van der Waals surface area contributed by atoms with Gasteiger partial charge in [-0.05, 0) is 19.1 Å². The smallest absolute Gasteiger partial charge is 0.253 e. The lowest BCUT2D eigenvalue weighted by Gasteiger charge is -2.39. The first-order valence-corrected chi connectivity index (χ1v) is 5.35. The Morgan fingerprint density at radius 2 is 2.24 bits per heavy atom. The fourth-order valence-electron chi connectivity index (χ4n) is 1.77.